The molecule has 0 N–H and O–H groups in total. The second-order valence-corrected chi connectivity index (χ2v) is 4.31. The van der Waals surface area contributed by atoms with Crippen LogP contribution in [0.3, 0.4) is 0 Å². The molecule has 0 aliphatic rings. The van der Waals surface area contributed by atoms with Crippen molar-refractivity contribution in [3.05, 3.63) is 59.7 Å². The van der Waals surface area contributed by atoms with Gasteiger partial charge in [-0.05, 0) is 36.1 Å². The minimum absolute atomic E-state index is 0.586. The van der Waals surface area contributed by atoms with Gasteiger partial charge in [0.25, 0.3) is 0 Å². The minimum Gasteiger partial charge on any atom is -0.373 e. The van der Waals surface area contributed by atoms with Gasteiger partial charge in [0.1, 0.15) is 0 Å². The van der Waals surface area contributed by atoms with Crippen LogP contribution in [0.1, 0.15) is 22.3 Å². The van der Waals surface area contributed by atoms with Gasteiger partial charge in [0.2, 0.25) is 0 Å². The van der Waals surface area contributed by atoms with Crippen molar-refractivity contribution in [1.29, 1.82) is 0 Å². The highest BCUT2D eigenvalue weighted by atomic mass is 16.5. The Labute approximate surface area is 110 Å². The Bertz CT molecular complexity index is 368. The highest BCUT2D eigenvalue weighted by Gasteiger charge is 2.04. The fourth-order valence-corrected chi connectivity index (χ4v) is 1.75. The molecule has 0 aliphatic heterocycles. The Morgan fingerprint density at radius 1 is 0.889 bits per heavy atom. The zero-order valence-corrected chi connectivity index (χ0v) is 11.4. The van der Waals surface area contributed by atoms with Gasteiger partial charge in [-0.2, -0.15) is 0 Å². The number of ether oxygens (including phenoxy) is 2. The summed E-state index contributed by atoms with van der Waals surface area (Å²) < 4.78 is 11.0. The van der Waals surface area contributed by atoms with Gasteiger partial charge in [-0.25, -0.2) is 0 Å². The maximum Gasteiger partial charge on any atom is 0.0723 e. The first kappa shape index (κ1) is 14.7. The third kappa shape index (κ3) is 4.47. The summed E-state index contributed by atoms with van der Waals surface area (Å²) in [6.07, 6.45) is 3.53. The number of hydrogen-bond acceptors (Lipinski definition) is 2. The van der Waals surface area contributed by atoms with E-state index in [0.29, 0.717) is 26.4 Å². The fourth-order valence-electron chi connectivity index (χ4n) is 1.75. The van der Waals surface area contributed by atoms with E-state index in [1.807, 2.05) is 0 Å². The van der Waals surface area contributed by atoms with E-state index in [4.69, 9.17) is 9.47 Å². The molecule has 0 radical (unpaired) electrons. The van der Waals surface area contributed by atoms with Crippen LogP contribution in [0.2, 0.25) is 0 Å². The van der Waals surface area contributed by atoms with Gasteiger partial charge < -0.3 is 9.47 Å². The van der Waals surface area contributed by atoms with Crippen molar-refractivity contribution in [2.75, 3.05) is 13.2 Å². The Hall–Kier alpha value is -1.38. The highest BCUT2D eigenvalue weighted by Crippen LogP contribution is 2.18. The van der Waals surface area contributed by atoms with Crippen LogP contribution in [-0.4, -0.2) is 13.2 Å². The van der Waals surface area contributed by atoms with Crippen molar-refractivity contribution < 1.29 is 9.47 Å². The lowest BCUT2D eigenvalue weighted by atomic mass is 10.0. The lowest BCUT2D eigenvalue weighted by Crippen LogP contribution is -2.01. The Morgan fingerprint density at radius 2 is 1.28 bits per heavy atom. The molecule has 0 spiro atoms. The molecule has 0 fully saturated rings. The van der Waals surface area contributed by atoms with Crippen molar-refractivity contribution in [1.82, 2.24) is 0 Å². The Balaban J connectivity index is 2.70. The summed E-state index contributed by atoms with van der Waals surface area (Å²) in [7, 11) is 0. The molecule has 1 aromatic carbocycles. The molecule has 2 nitrogen and oxygen atoms in total. The average Bonchev–Trinajstić information content (AvgIpc) is 2.35. The van der Waals surface area contributed by atoms with Gasteiger partial charge >= 0.3 is 0 Å². The average molecular weight is 246 g/mol. The molecule has 0 bridgehead atoms. The molecular formula is C16H22O2. The molecule has 0 unspecified atom stereocenters. The van der Waals surface area contributed by atoms with Gasteiger partial charge in [-0.15, -0.1) is 13.2 Å². The zero-order chi connectivity index (χ0) is 13.4. The second kappa shape index (κ2) is 7.85. The van der Waals surface area contributed by atoms with Crippen LogP contribution < -0.4 is 0 Å². The summed E-state index contributed by atoms with van der Waals surface area (Å²) in [4.78, 5) is 0. The van der Waals surface area contributed by atoms with E-state index in [9.17, 15) is 0 Å². The Kier molecular flexibility index (Phi) is 6.40. The highest BCUT2D eigenvalue weighted by molar-refractivity contribution is 5.36. The van der Waals surface area contributed by atoms with Gasteiger partial charge in [0.15, 0.2) is 0 Å². The van der Waals surface area contributed by atoms with Crippen molar-refractivity contribution in [3.8, 4) is 0 Å². The predicted molar refractivity (Wildman–Crippen MR) is 75.6 cm³/mol. The lowest BCUT2D eigenvalue weighted by Gasteiger charge is -2.12. The maximum atomic E-state index is 5.48. The quantitative estimate of drug-likeness (QED) is 0.514. The molecule has 0 heterocycles. The summed E-state index contributed by atoms with van der Waals surface area (Å²) in [5, 5.41) is 0. The largest absolute Gasteiger partial charge is 0.373 e. The van der Waals surface area contributed by atoms with E-state index in [0.717, 1.165) is 0 Å². The number of rotatable bonds is 8. The van der Waals surface area contributed by atoms with Crippen LogP contribution in [0.25, 0.3) is 0 Å². The van der Waals surface area contributed by atoms with Crippen LogP contribution in [0.15, 0.2) is 37.4 Å². The van der Waals surface area contributed by atoms with Crippen molar-refractivity contribution in [3.63, 3.8) is 0 Å². The normalized spacial score (nSPS) is 10.3. The summed E-state index contributed by atoms with van der Waals surface area (Å²) in [6.45, 7) is 13.9. The van der Waals surface area contributed by atoms with E-state index < -0.39 is 0 Å². The van der Waals surface area contributed by atoms with Crippen LogP contribution in [-0.2, 0) is 22.7 Å². The zero-order valence-electron chi connectivity index (χ0n) is 11.4. The summed E-state index contributed by atoms with van der Waals surface area (Å²) >= 11 is 0. The van der Waals surface area contributed by atoms with E-state index in [1.54, 1.807) is 12.2 Å². The van der Waals surface area contributed by atoms with E-state index in [-0.39, 0.29) is 0 Å². The summed E-state index contributed by atoms with van der Waals surface area (Å²) in [5.74, 6) is 0. The number of hydrogen-bond donors (Lipinski definition) is 0. The molecule has 98 valence electrons. The van der Waals surface area contributed by atoms with Crippen molar-refractivity contribution >= 4 is 0 Å². The van der Waals surface area contributed by atoms with Crippen molar-refractivity contribution in [2.24, 2.45) is 0 Å². The molecule has 2 heteroatoms. The maximum absolute atomic E-state index is 5.48. The molecule has 0 saturated carbocycles. The minimum atomic E-state index is 0.586. The first-order valence-electron chi connectivity index (χ1n) is 6.15. The smallest absolute Gasteiger partial charge is 0.0723 e. The number of benzene rings is 1. The second-order valence-electron chi connectivity index (χ2n) is 4.31. The van der Waals surface area contributed by atoms with E-state index in [1.165, 1.54) is 22.3 Å². The standard InChI is InChI=1S/C16H22O2/c1-5-7-17-11-15-9-14(4)16(10-13(15)3)12-18-8-6-2/h5-6,9-10H,1-2,7-8,11-12H2,3-4H3. The third-order valence-corrected chi connectivity index (χ3v) is 2.78. The lowest BCUT2D eigenvalue weighted by molar-refractivity contribution is 0.146. The topological polar surface area (TPSA) is 18.5 Å². The first-order chi connectivity index (χ1) is 8.69. The first-order valence-corrected chi connectivity index (χ1v) is 6.15. The van der Waals surface area contributed by atoms with Crippen LogP contribution in [0.5, 0.6) is 0 Å². The van der Waals surface area contributed by atoms with Crippen LogP contribution in [0, 0.1) is 13.8 Å². The molecule has 0 saturated heterocycles. The molecule has 0 aliphatic carbocycles. The van der Waals surface area contributed by atoms with Gasteiger partial charge in [0.05, 0.1) is 26.4 Å². The molecule has 1 aromatic rings. The molecule has 18 heavy (non-hydrogen) atoms. The fraction of sp³-hybridized carbons (Fsp3) is 0.375. The monoisotopic (exact) mass is 246 g/mol. The predicted octanol–water partition coefficient (Wildman–Crippen LogP) is 3.71. The van der Waals surface area contributed by atoms with Gasteiger partial charge in [-0.1, -0.05) is 24.3 Å². The van der Waals surface area contributed by atoms with E-state index in [2.05, 4.69) is 39.1 Å². The molecule has 0 atom stereocenters. The third-order valence-electron chi connectivity index (χ3n) is 2.78. The SMILES string of the molecule is C=CCOCc1cc(C)c(COCC=C)cc1C. The van der Waals surface area contributed by atoms with E-state index >= 15 is 0 Å². The molecule has 1 rings (SSSR count). The summed E-state index contributed by atoms with van der Waals surface area (Å²) in [5.41, 5.74) is 4.92. The van der Waals surface area contributed by atoms with Gasteiger partial charge in [0, 0.05) is 0 Å². The van der Waals surface area contributed by atoms with Gasteiger partial charge in [-0.3, -0.25) is 0 Å². The summed E-state index contributed by atoms with van der Waals surface area (Å²) in [6, 6.07) is 4.34. The van der Waals surface area contributed by atoms with Crippen molar-refractivity contribution in [2.45, 2.75) is 27.1 Å². The molecule has 0 aromatic heterocycles. The number of aryl methyl sites for hydroxylation is 2. The van der Waals surface area contributed by atoms with Crippen LogP contribution >= 0.6 is 0 Å². The molecular weight excluding hydrogens is 224 g/mol. The Morgan fingerprint density at radius 3 is 1.61 bits per heavy atom. The molecule has 0 amide bonds. The van der Waals surface area contributed by atoms with Crippen LogP contribution in [0.4, 0.5) is 0 Å².